The van der Waals surface area contributed by atoms with Gasteiger partial charge in [-0.2, -0.15) is 0 Å². The van der Waals surface area contributed by atoms with Gasteiger partial charge in [-0.3, -0.25) is 9.78 Å². The molecule has 0 aliphatic heterocycles. The molecule has 0 fully saturated rings. The summed E-state index contributed by atoms with van der Waals surface area (Å²) in [7, 11) is 0. The largest absolute Gasteiger partial charge is 0.355 e. The Labute approximate surface area is 153 Å². The summed E-state index contributed by atoms with van der Waals surface area (Å²) in [4.78, 5) is 16.4. The third-order valence-electron chi connectivity index (χ3n) is 3.23. The van der Waals surface area contributed by atoms with Crippen LogP contribution in [0.1, 0.15) is 10.5 Å². The molecular weight excluding hydrogens is 364 g/mol. The maximum Gasteiger partial charge on any atom is 0.274 e. The topological polar surface area (TPSA) is 54.0 Å². The van der Waals surface area contributed by atoms with Gasteiger partial charge in [-0.15, -0.1) is 0 Å². The summed E-state index contributed by atoms with van der Waals surface area (Å²) in [5.74, 6) is -0.768. The summed E-state index contributed by atoms with van der Waals surface area (Å²) in [6.07, 6.45) is 1.49. The van der Waals surface area contributed by atoms with Crippen molar-refractivity contribution in [3.05, 3.63) is 82.4 Å². The molecule has 1 aromatic heterocycles. The van der Waals surface area contributed by atoms with E-state index in [0.29, 0.717) is 27.1 Å². The van der Waals surface area contributed by atoms with Crippen molar-refractivity contribution >= 4 is 46.2 Å². The van der Waals surface area contributed by atoms with Crippen LogP contribution in [0.5, 0.6) is 0 Å². The minimum Gasteiger partial charge on any atom is -0.355 e. The van der Waals surface area contributed by atoms with Crippen molar-refractivity contribution in [2.24, 2.45) is 0 Å². The summed E-state index contributed by atoms with van der Waals surface area (Å²) >= 11 is 11.8. The highest BCUT2D eigenvalue weighted by molar-refractivity contribution is 6.35. The fraction of sp³-hybridized carbons (Fsp3) is 0. The number of rotatable bonds is 4. The summed E-state index contributed by atoms with van der Waals surface area (Å²) in [5, 5.41) is 6.53. The molecule has 0 saturated carbocycles. The molecule has 2 aromatic carbocycles. The number of hydrogen-bond acceptors (Lipinski definition) is 3. The van der Waals surface area contributed by atoms with Crippen LogP contribution in [0.15, 0.2) is 60.8 Å². The first-order chi connectivity index (χ1) is 12.0. The fourth-order valence-electron chi connectivity index (χ4n) is 2.19. The second-order valence-electron chi connectivity index (χ2n) is 5.18. The van der Waals surface area contributed by atoms with Gasteiger partial charge in [0.05, 0.1) is 0 Å². The number of nitrogens with one attached hydrogen (secondary N) is 2. The Kier molecular flexibility index (Phi) is 5.16. The third-order valence-corrected chi connectivity index (χ3v) is 3.66. The van der Waals surface area contributed by atoms with Crippen molar-refractivity contribution in [1.82, 2.24) is 4.98 Å². The first-order valence-electron chi connectivity index (χ1n) is 7.26. The van der Waals surface area contributed by atoms with Crippen LogP contribution in [-0.2, 0) is 0 Å². The van der Waals surface area contributed by atoms with E-state index in [-0.39, 0.29) is 11.5 Å². The molecule has 0 aliphatic rings. The average molecular weight is 376 g/mol. The smallest absolute Gasteiger partial charge is 0.274 e. The van der Waals surface area contributed by atoms with Crippen LogP contribution in [-0.4, -0.2) is 10.9 Å². The van der Waals surface area contributed by atoms with Gasteiger partial charge < -0.3 is 10.6 Å². The van der Waals surface area contributed by atoms with Gasteiger partial charge in [-0.25, -0.2) is 4.39 Å². The molecule has 0 bridgehead atoms. The molecule has 0 unspecified atom stereocenters. The number of anilines is 3. The summed E-state index contributed by atoms with van der Waals surface area (Å²) in [6, 6.07) is 14.0. The number of amides is 1. The van der Waals surface area contributed by atoms with Crippen LogP contribution < -0.4 is 10.6 Å². The number of nitrogens with zero attached hydrogens (tertiary/aromatic N) is 1. The fourth-order valence-corrected chi connectivity index (χ4v) is 2.71. The molecule has 0 saturated heterocycles. The first kappa shape index (κ1) is 17.2. The van der Waals surface area contributed by atoms with Crippen LogP contribution in [0.2, 0.25) is 10.0 Å². The van der Waals surface area contributed by atoms with E-state index in [2.05, 4.69) is 15.6 Å². The number of carbonyl (C=O) groups excluding carboxylic acids is 1. The van der Waals surface area contributed by atoms with Crippen molar-refractivity contribution < 1.29 is 9.18 Å². The number of benzene rings is 2. The Morgan fingerprint density at radius 1 is 0.920 bits per heavy atom. The molecule has 2 N–H and O–H groups in total. The average Bonchev–Trinajstić information content (AvgIpc) is 2.54. The molecule has 25 heavy (non-hydrogen) atoms. The van der Waals surface area contributed by atoms with Gasteiger partial charge in [-0.05, 0) is 48.5 Å². The summed E-state index contributed by atoms with van der Waals surface area (Å²) in [6.45, 7) is 0. The lowest BCUT2D eigenvalue weighted by Crippen LogP contribution is -2.13. The Hall–Kier alpha value is -2.63. The Balaban J connectivity index is 1.77. The van der Waals surface area contributed by atoms with E-state index in [1.54, 1.807) is 42.5 Å². The Morgan fingerprint density at radius 2 is 1.64 bits per heavy atom. The number of aromatic nitrogens is 1. The van der Waals surface area contributed by atoms with Crippen LogP contribution in [0.25, 0.3) is 0 Å². The molecule has 3 aromatic rings. The molecule has 7 heteroatoms. The molecule has 126 valence electrons. The van der Waals surface area contributed by atoms with Crippen molar-refractivity contribution in [2.75, 3.05) is 10.6 Å². The van der Waals surface area contributed by atoms with Crippen molar-refractivity contribution in [3.8, 4) is 0 Å². The van der Waals surface area contributed by atoms with Gasteiger partial charge in [0.15, 0.2) is 0 Å². The normalized spacial score (nSPS) is 10.4. The maximum atomic E-state index is 13.2. The highest BCUT2D eigenvalue weighted by atomic mass is 35.5. The van der Waals surface area contributed by atoms with E-state index in [1.807, 2.05) is 0 Å². The van der Waals surface area contributed by atoms with Crippen LogP contribution in [0.3, 0.4) is 0 Å². The monoisotopic (exact) mass is 375 g/mol. The minimum absolute atomic E-state index is 0.192. The first-order valence-corrected chi connectivity index (χ1v) is 8.01. The highest BCUT2D eigenvalue weighted by Gasteiger charge is 2.10. The number of carbonyl (C=O) groups is 1. The summed E-state index contributed by atoms with van der Waals surface area (Å²) in [5.41, 5.74) is 1.83. The van der Waals surface area contributed by atoms with E-state index >= 15 is 0 Å². The lowest BCUT2D eigenvalue weighted by atomic mass is 10.2. The molecule has 3 rings (SSSR count). The lowest BCUT2D eigenvalue weighted by Gasteiger charge is -2.09. The number of halogens is 3. The van der Waals surface area contributed by atoms with Crippen LogP contribution in [0.4, 0.5) is 21.5 Å². The van der Waals surface area contributed by atoms with E-state index in [1.165, 1.54) is 18.3 Å². The second kappa shape index (κ2) is 7.51. The molecule has 1 amide bonds. The zero-order chi connectivity index (χ0) is 17.8. The van der Waals surface area contributed by atoms with Crippen LogP contribution in [0, 0.1) is 5.82 Å². The van der Waals surface area contributed by atoms with E-state index in [4.69, 9.17) is 23.2 Å². The molecule has 0 atom stereocenters. The van der Waals surface area contributed by atoms with E-state index in [0.717, 1.165) is 0 Å². The van der Waals surface area contributed by atoms with E-state index in [9.17, 15) is 9.18 Å². The predicted octanol–water partition coefficient (Wildman–Crippen LogP) is 5.52. The molecule has 0 spiro atoms. The second-order valence-corrected chi connectivity index (χ2v) is 6.05. The van der Waals surface area contributed by atoms with Crippen molar-refractivity contribution in [2.45, 2.75) is 0 Å². The number of hydrogen-bond donors (Lipinski definition) is 2. The third kappa shape index (κ3) is 4.68. The number of pyridine rings is 1. The highest BCUT2D eigenvalue weighted by Crippen LogP contribution is 2.23. The maximum absolute atomic E-state index is 13.2. The molecule has 0 aliphatic carbocycles. The van der Waals surface area contributed by atoms with Gasteiger partial charge in [0.1, 0.15) is 11.5 Å². The summed E-state index contributed by atoms with van der Waals surface area (Å²) < 4.78 is 13.2. The minimum atomic E-state index is -0.416. The van der Waals surface area contributed by atoms with Gasteiger partial charge in [0.2, 0.25) is 0 Å². The Bertz CT molecular complexity index is 913. The van der Waals surface area contributed by atoms with Crippen molar-refractivity contribution in [1.29, 1.82) is 0 Å². The zero-order valence-electron chi connectivity index (χ0n) is 12.8. The molecule has 1 heterocycles. The molecule has 4 nitrogen and oxygen atoms in total. The quantitative estimate of drug-likeness (QED) is 0.630. The SMILES string of the molecule is O=C(Nc1cc(Cl)cc(Cl)c1)c1cc(Nc2cccc(F)c2)ccn1. The van der Waals surface area contributed by atoms with Crippen LogP contribution >= 0.6 is 23.2 Å². The van der Waals surface area contributed by atoms with Gasteiger partial charge in [-0.1, -0.05) is 29.3 Å². The molecular formula is C18H12Cl2FN3O. The predicted molar refractivity (Wildman–Crippen MR) is 98.3 cm³/mol. The Morgan fingerprint density at radius 3 is 2.36 bits per heavy atom. The van der Waals surface area contributed by atoms with Gasteiger partial charge in [0, 0.05) is 33.3 Å². The van der Waals surface area contributed by atoms with E-state index < -0.39 is 5.91 Å². The molecule has 0 radical (unpaired) electrons. The van der Waals surface area contributed by atoms with Crippen molar-refractivity contribution in [3.63, 3.8) is 0 Å². The standard InChI is InChI=1S/C18H12Cl2FN3O/c19-11-6-12(20)8-16(7-11)24-18(25)17-10-15(4-5-22-17)23-14-3-1-2-13(21)9-14/h1-10H,(H,22,23)(H,24,25). The van der Waals surface area contributed by atoms with Gasteiger partial charge >= 0.3 is 0 Å². The zero-order valence-corrected chi connectivity index (χ0v) is 14.3. The van der Waals surface area contributed by atoms with Gasteiger partial charge in [0.25, 0.3) is 5.91 Å². The lowest BCUT2D eigenvalue weighted by molar-refractivity contribution is 0.102.